The topological polar surface area (TPSA) is 33.6 Å². The van der Waals surface area contributed by atoms with Crippen LogP contribution in [0.15, 0.2) is 12.1 Å². The number of aromatic nitrogens is 3. The van der Waals surface area contributed by atoms with Crippen LogP contribution < -0.4 is 0 Å². The van der Waals surface area contributed by atoms with Gasteiger partial charge in [-0.05, 0) is 38.2 Å². The summed E-state index contributed by atoms with van der Waals surface area (Å²) in [5.74, 6) is 1.39. The van der Waals surface area contributed by atoms with Crippen LogP contribution in [0.1, 0.15) is 48.3 Å². The van der Waals surface area contributed by atoms with Gasteiger partial charge in [0.05, 0.1) is 6.04 Å². The first-order valence-corrected chi connectivity index (χ1v) is 6.96. The van der Waals surface area contributed by atoms with Crippen molar-refractivity contribution in [1.29, 1.82) is 0 Å². The molecule has 2 aromatic rings. The molecule has 0 saturated carbocycles. The first-order valence-electron chi connectivity index (χ1n) is 5.74. The van der Waals surface area contributed by atoms with Crippen molar-refractivity contribution in [3.63, 3.8) is 0 Å². The van der Waals surface area contributed by atoms with Crippen LogP contribution in [0.25, 0.3) is 0 Å². The third kappa shape index (κ3) is 2.35. The fourth-order valence-corrected chi connectivity index (χ4v) is 3.12. The van der Waals surface area contributed by atoms with Crippen LogP contribution in [0.4, 0.5) is 0 Å². The maximum Gasteiger partial charge on any atom is 0.195 e. The number of H-pyrrole nitrogens is 1. The van der Waals surface area contributed by atoms with Crippen LogP contribution in [0, 0.1) is 11.7 Å². The minimum Gasteiger partial charge on any atom is -0.296 e. The lowest BCUT2D eigenvalue weighted by Gasteiger charge is -2.15. The molecule has 0 fully saturated rings. The van der Waals surface area contributed by atoms with Crippen molar-refractivity contribution in [3.8, 4) is 0 Å². The van der Waals surface area contributed by atoms with E-state index in [1.807, 2.05) is 11.3 Å². The van der Waals surface area contributed by atoms with E-state index in [1.165, 1.54) is 9.75 Å². The molecule has 0 aliphatic carbocycles. The van der Waals surface area contributed by atoms with E-state index < -0.39 is 0 Å². The molecule has 0 amide bonds. The van der Waals surface area contributed by atoms with Gasteiger partial charge in [-0.25, -0.2) is 0 Å². The van der Waals surface area contributed by atoms with Crippen LogP contribution >= 0.6 is 23.6 Å². The van der Waals surface area contributed by atoms with Crippen molar-refractivity contribution in [3.05, 3.63) is 32.5 Å². The normalized spacial score (nSPS) is 13.2. The molecule has 5 heteroatoms. The predicted molar refractivity (Wildman–Crippen MR) is 74.4 cm³/mol. The molecule has 0 aliphatic rings. The molecule has 2 aromatic heterocycles. The lowest BCUT2D eigenvalue weighted by Crippen LogP contribution is -2.11. The Balaban J connectivity index is 2.46. The number of thiophene rings is 1. The fraction of sp³-hybridized carbons (Fsp3) is 0.500. The molecule has 0 aliphatic heterocycles. The van der Waals surface area contributed by atoms with Crippen LogP contribution in [-0.4, -0.2) is 14.8 Å². The van der Waals surface area contributed by atoms with Crippen molar-refractivity contribution in [2.75, 3.05) is 0 Å². The zero-order valence-electron chi connectivity index (χ0n) is 10.5. The highest BCUT2D eigenvalue weighted by Gasteiger charge is 2.17. The summed E-state index contributed by atoms with van der Waals surface area (Å²) in [7, 11) is 0. The van der Waals surface area contributed by atoms with E-state index in [4.69, 9.17) is 12.2 Å². The molecule has 1 N–H and O–H groups in total. The number of aryl methyl sites for hydroxylation is 1. The van der Waals surface area contributed by atoms with Gasteiger partial charge < -0.3 is 0 Å². The van der Waals surface area contributed by atoms with Gasteiger partial charge in [-0.2, -0.15) is 5.10 Å². The van der Waals surface area contributed by atoms with E-state index in [0.29, 0.717) is 10.7 Å². The summed E-state index contributed by atoms with van der Waals surface area (Å²) < 4.78 is 2.82. The molecule has 0 bridgehead atoms. The van der Waals surface area contributed by atoms with Crippen LogP contribution in [0.3, 0.4) is 0 Å². The molecular weight excluding hydrogens is 250 g/mol. The molecule has 0 saturated heterocycles. The summed E-state index contributed by atoms with van der Waals surface area (Å²) in [6, 6.07) is 4.57. The van der Waals surface area contributed by atoms with Crippen LogP contribution in [0.5, 0.6) is 0 Å². The molecule has 1 atom stereocenters. The maximum atomic E-state index is 5.32. The second-order valence-corrected chi connectivity index (χ2v) is 6.24. The van der Waals surface area contributed by atoms with Gasteiger partial charge in [0.15, 0.2) is 4.77 Å². The predicted octanol–water partition coefficient (Wildman–Crippen LogP) is 4.04. The van der Waals surface area contributed by atoms with Crippen molar-refractivity contribution in [1.82, 2.24) is 14.8 Å². The van der Waals surface area contributed by atoms with Crippen molar-refractivity contribution < 1.29 is 0 Å². The Kier molecular flexibility index (Phi) is 3.49. The minimum absolute atomic E-state index is 0.248. The molecule has 0 radical (unpaired) electrons. The maximum absolute atomic E-state index is 5.32. The molecule has 0 aromatic carbocycles. The number of hydrogen-bond donors (Lipinski definition) is 1. The van der Waals surface area contributed by atoms with Crippen molar-refractivity contribution in [2.45, 2.75) is 39.7 Å². The molecule has 3 nitrogen and oxygen atoms in total. The zero-order chi connectivity index (χ0) is 12.6. The van der Waals surface area contributed by atoms with Gasteiger partial charge in [0.1, 0.15) is 5.82 Å². The minimum atomic E-state index is 0.248. The summed E-state index contributed by atoms with van der Waals surface area (Å²) in [6.07, 6.45) is 0. The lowest BCUT2D eigenvalue weighted by atomic mass is 10.2. The zero-order valence-corrected chi connectivity index (χ0v) is 12.2. The number of nitrogens with zero attached hydrogens (tertiary/aromatic N) is 2. The third-order valence-corrected chi connectivity index (χ3v) is 4.27. The molecule has 2 heterocycles. The Morgan fingerprint density at radius 2 is 2.06 bits per heavy atom. The SMILES string of the molecule is Cc1ccc(C(C)n2c(C(C)C)n[nH]c2=S)s1. The monoisotopic (exact) mass is 267 g/mol. The first-order chi connectivity index (χ1) is 8.00. The summed E-state index contributed by atoms with van der Waals surface area (Å²) in [5.41, 5.74) is 0. The Labute approximate surface area is 111 Å². The smallest absolute Gasteiger partial charge is 0.195 e. The highest BCUT2D eigenvalue weighted by Crippen LogP contribution is 2.28. The summed E-state index contributed by atoms with van der Waals surface area (Å²) >= 11 is 7.14. The van der Waals surface area contributed by atoms with Gasteiger partial charge in [0.2, 0.25) is 0 Å². The molecule has 17 heavy (non-hydrogen) atoms. The third-order valence-electron chi connectivity index (χ3n) is 2.81. The average Bonchev–Trinajstić information content (AvgIpc) is 2.83. The number of rotatable bonds is 3. The van der Waals surface area contributed by atoms with E-state index in [1.54, 1.807) is 0 Å². The quantitative estimate of drug-likeness (QED) is 0.851. The largest absolute Gasteiger partial charge is 0.296 e. The number of aromatic amines is 1. The second-order valence-electron chi connectivity index (χ2n) is 4.54. The Morgan fingerprint density at radius 1 is 1.35 bits per heavy atom. The van der Waals surface area contributed by atoms with Gasteiger partial charge in [0.25, 0.3) is 0 Å². The summed E-state index contributed by atoms with van der Waals surface area (Å²) in [6.45, 7) is 8.56. The second kappa shape index (κ2) is 4.74. The van der Waals surface area contributed by atoms with E-state index in [9.17, 15) is 0 Å². The fourth-order valence-electron chi connectivity index (χ4n) is 1.90. The first kappa shape index (κ1) is 12.5. The Bertz CT molecular complexity index is 562. The van der Waals surface area contributed by atoms with E-state index in [0.717, 1.165) is 5.82 Å². The van der Waals surface area contributed by atoms with Gasteiger partial charge in [-0.3, -0.25) is 9.67 Å². The van der Waals surface area contributed by atoms with Crippen molar-refractivity contribution >= 4 is 23.6 Å². The van der Waals surface area contributed by atoms with Crippen molar-refractivity contribution in [2.24, 2.45) is 0 Å². The Morgan fingerprint density at radius 3 is 2.59 bits per heavy atom. The van der Waals surface area contributed by atoms with E-state index in [-0.39, 0.29) is 6.04 Å². The van der Waals surface area contributed by atoms with Crippen LogP contribution in [0.2, 0.25) is 0 Å². The molecule has 0 spiro atoms. The molecular formula is C12H17N3S2. The molecule has 92 valence electrons. The van der Waals surface area contributed by atoms with E-state index in [2.05, 4.69) is 54.6 Å². The lowest BCUT2D eigenvalue weighted by molar-refractivity contribution is 0.580. The van der Waals surface area contributed by atoms with Gasteiger partial charge in [-0.1, -0.05) is 13.8 Å². The van der Waals surface area contributed by atoms with Gasteiger partial charge in [-0.15, -0.1) is 11.3 Å². The standard InChI is InChI=1S/C12H17N3S2/c1-7(2)11-13-14-12(16)15(11)9(4)10-6-5-8(3)17-10/h5-7,9H,1-4H3,(H,14,16). The van der Waals surface area contributed by atoms with Gasteiger partial charge in [0, 0.05) is 15.7 Å². The number of nitrogens with one attached hydrogen (secondary N) is 1. The summed E-state index contributed by atoms with van der Waals surface area (Å²) in [5, 5.41) is 7.22. The highest BCUT2D eigenvalue weighted by atomic mass is 32.1. The molecule has 1 unspecified atom stereocenters. The number of hydrogen-bond acceptors (Lipinski definition) is 3. The average molecular weight is 267 g/mol. The van der Waals surface area contributed by atoms with E-state index >= 15 is 0 Å². The van der Waals surface area contributed by atoms with Gasteiger partial charge >= 0.3 is 0 Å². The Hall–Kier alpha value is -0.940. The summed E-state index contributed by atoms with van der Waals surface area (Å²) in [4.78, 5) is 2.65. The molecule has 2 rings (SSSR count). The van der Waals surface area contributed by atoms with Crippen LogP contribution in [-0.2, 0) is 0 Å². The highest BCUT2D eigenvalue weighted by molar-refractivity contribution is 7.71.